The molecule has 8 nitrogen and oxygen atoms in total. The van der Waals surface area contributed by atoms with Crippen LogP contribution in [0.3, 0.4) is 0 Å². The average molecular weight is 426 g/mol. The van der Waals surface area contributed by atoms with E-state index in [1.165, 1.54) is 11.8 Å². The van der Waals surface area contributed by atoms with Gasteiger partial charge in [0.05, 0.1) is 24.6 Å². The van der Waals surface area contributed by atoms with E-state index in [9.17, 15) is 4.79 Å². The van der Waals surface area contributed by atoms with E-state index in [1.807, 2.05) is 37.3 Å². The van der Waals surface area contributed by atoms with Crippen LogP contribution < -0.4 is 14.8 Å². The monoisotopic (exact) mass is 426 g/mol. The lowest BCUT2D eigenvalue weighted by molar-refractivity contribution is -0.119. The van der Waals surface area contributed by atoms with Crippen molar-refractivity contribution in [3.63, 3.8) is 0 Å². The number of amides is 1. The SMILES string of the molecule is C[C@H](NC(=O)CSc1nnc(C2CC2)n1Cc1ccco1)c1ccc2c(c1)OCO2. The molecule has 1 amide bonds. The summed E-state index contributed by atoms with van der Waals surface area (Å²) in [5, 5.41) is 12.5. The minimum atomic E-state index is -0.143. The topological polar surface area (TPSA) is 91.4 Å². The summed E-state index contributed by atoms with van der Waals surface area (Å²) in [6.45, 7) is 2.76. The number of ether oxygens (including phenoxy) is 2. The quantitative estimate of drug-likeness (QED) is 0.551. The standard InChI is InChI=1S/C21H22N4O4S/c1-13(15-6-7-17-18(9-15)29-12-28-17)22-19(26)11-30-21-24-23-20(14-4-5-14)25(21)10-16-3-2-8-27-16/h2-3,6-9,13-14H,4-5,10-12H2,1H3,(H,22,26)/t13-/m0/s1. The predicted molar refractivity (Wildman–Crippen MR) is 110 cm³/mol. The molecule has 156 valence electrons. The number of carbonyl (C=O) groups excluding carboxylic acids is 1. The molecule has 1 N–H and O–H groups in total. The first-order valence-corrected chi connectivity index (χ1v) is 10.9. The van der Waals surface area contributed by atoms with E-state index in [1.54, 1.807) is 6.26 Å². The van der Waals surface area contributed by atoms with Gasteiger partial charge in [0.1, 0.15) is 11.6 Å². The summed E-state index contributed by atoms with van der Waals surface area (Å²) in [5.74, 6) is 3.92. The Hall–Kier alpha value is -2.94. The van der Waals surface area contributed by atoms with Gasteiger partial charge in [0.25, 0.3) is 0 Å². The smallest absolute Gasteiger partial charge is 0.231 e. The fourth-order valence-corrected chi connectivity index (χ4v) is 4.19. The van der Waals surface area contributed by atoms with E-state index in [0.29, 0.717) is 18.2 Å². The van der Waals surface area contributed by atoms with Crippen molar-refractivity contribution in [2.45, 2.75) is 43.4 Å². The molecule has 5 rings (SSSR count). The van der Waals surface area contributed by atoms with E-state index in [0.717, 1.165) is 40.9 Å². The molecule has 1 aliphatic heterocycles. The van der Waals surface area contributed by atoms with Crippen LogP contribution in [0.4, 0.5) is 0 Å². The van der Waals surface area contributed by atoms with Gasteiger partial charge < -0.3 is 19.2 Å². The van der Waals surface area contributed by atoms with Gasteiger partial charge in [-0.2, -0.15) is 0 Å². The van der Waals surface area contributed by atoms with Crippen molar-refractivity contribution in [3.8, 4) is 11.5 Å². The highest BCUT2D eigenvalue weighted by Gasteiger charge is 2.31. The Morgan fingerprint density at radius 1 is 1.27 bits per heavy atom. The van der Waals surface area contributed by atoms with Crippen molar-refractivity contribution in [3.05, 3.63) is 53.7 Å². The molecule has 0 unspecified atom stereocenters. The molecule has 0 spiro atoms. The Morgan fingerprint density at radius 3 is 2.93 bits per heavy atom. The Balaban J connectivity index is 1.22. The van der Waals surface area contributed by atoms with Crippen LogP contribution in [0.25, 0.3) is 0 Å². The zero-order valence-corrected chi connectivity index (χ0v) is 17.4. The summed E-state index contributed by atoms with van der Waals surface area (Å²) in [6, 6.07) is 9.37. The molecule has 1 aromatic carbocycles. The van der Waals surface area contributed by atoms with Crippen molar-refractivity contribution in [2.75, 3.05) is 12.5 Å². The zero-order chi connectivity index (χ0) is 20.5. The van der Waals surface area contributed by atoms with Gasteiger partial charge in [-0.3, -0.25) is 9.36 Å². The summed E-state index contributed by atoms with van der Waals surface area (Å²) in [5.41, 5.74) is 0.967. The van der Waals surface area contributed by atoms with E-state index in [4.69, 9.17) is 13.9 Å². The molecular weight excluding hydrogens is 404 g/mol. The number of hydrogen-bond donors (Lipinski definition) is 1. The molecule has 30 heavy (non-hydrogen) atoms. The highest BCUT2D eigenvalue weighted by atomic mass is 32.2. The van der Waals surface area contributed by atoms with Gasteiger partial charge >= 0.3 is 0 Å². The largest absolute Gasteiger partial charge is 0.467 e. The number of fused-ring (bicyclic) bond motifs is 1. The number of rotatable bonds is 8. The van der Waals surface area contributed by atoms with E-state index in [2.05, 4.69) is 20.1 Å². The average Bonchev–Trinajstić information content (AvgIpc) is 3.14. The molecule has 3 heterocycles. The van der Waals surface area contributed by atoms with Gasteiger partial charge in [0, 0.05) is 5.92 Å². The van der Waals surface area contributed by atoms with Crippen LogP contribution >= 0.6 is 11.8 Å². The van der Waals surface area contributed by atoms with Crippen LogP contribution in [0.2, 0.25) is 0 Å². The third-order valence-electron chi connectivity index (χ3n) is 5.19. The molecule has 1 saturated carbocycles. The Morgan fingerprint density at radius 2 is 2.13 bits per heavy atom. The minimum absolute atomic E-state index is 0.0642. The molecule has 0 bridgehead atoms. The lowest BCUT2D eigenvalue weighted by atomic mass is 10.1. The summed E-state index contributed by atoms with van der Waals surface area (Å²) >= 11 is 1.39. The first-order valence-electron chi connectivity index (χ1n) is 9.94. The van der Waals surface area contributed by atoms with E-state index < -0.39 is 0 Å². The number of benzene rings is 1. The van der Waals surface area contributed by atoms with Crippen LogP contribution in [-0.2, 0) is 11.3 Å². The van der Waals surface area contributed by atoms with Gasteiger partial charge in [0.2, 0.25) is 12.7 Å². The first-order chi connectivity index (χ1) is 14.7. The fourth-order valence-electron chi connectivity index (χ4n) is 3.44. The summed E-state index contributed by atoms with van der Waals surface area (Å²) in [6.07, 6.45) is 3.93. The van der Waals surface area contributed by atoms with Crippen molar-refractivity contribution >= 4 is 17.7 Å². The number of nitrogens with one attached hydrogen (secondary N) is 1. The number of thioether (sulfide) groups is 1. The third-order valence-corrected chi connectivity index (χ3v) is 6.16. The lowest BCUT2D eigenvalue weighted by Crippen LogP contribution is -2.28. The molecule has 2 aromatic heterocycles. The van der Waals surface area contributed by atoms with Gasteiger partial charge in [0.15, 0.2) is 16.7 Å². The maximum Gasteiger partial charge on any atom is 0.231 e. The molecule has 1 atom stereocenters. The number of aromatic nitrogens is 3. The third kappa shape index (κ3) is 4.02. The van der Waals surface area contributed by atoms with Crippen LogP contribution in [0.5, 0.6) is 11.5 Å². The van der Waals surface area contributed by atoms with Gasteiger partial charge in [-0.15, -0.1) is 10.2 Å². The fraction of sp³-hybridized carbons (Fsp3) is 0.381. The molecular formula is C21H22N4O4S. The number of carbonyl (C=O) groups is 1. The summed E-state index contributed by atoms with van der Waals surface area (Å²) < 4.78 is 18.3. The zero-order valence-electron chi connectivity index (χ0n) is 16.5. The van der Waals surface area contributed by atoms with E-state index in [-0.39, 0.29) is 24.5 Å². The number of hydrogen-bond acceptors (Lipinski definition) is 7. The van der Waals surface area contributed by atoms with Gasteiger partial charge in [-0.05, 0) is 49.6 Å². The summed E-state index contributed by atoms with van der Waals surface area (Å²) in [4.78, 5) is 12.6. The Kier molecular flexibility index (Phi) is 5.12. The van der Waals surface area contributed by atoms with Crippen LogP contribution in [0.1, 0.15) is 48.9 Å². The second-order valence-electron chi connectivity index (χ2n) is 7.47. The molecule has 1 aliphatic carbocycles. The molecule has 0 saturated heterocycles. The number of nitrogens with zero attached hydrogens (tertiary/aromatic N) is 3. The predicted octanol–water partition coefficient (Wildman–Crippen LogP) is 3.50. The van der Waals surface area contributed by atoms with Gasteiger partial charge in [-0.25, -0.2) is 0 Å². The van der Waals surface area contributed by atoms with Crippen LogP contribution in [0, 0.1) is 0 Å². The highest BCUT2D eigenvalue weighted by Crippen LogP contribution is 2.40. The van der Waals surface area contributed by atoms with Crippen molar-refractivity contribution in [1.29, 1.82) is 0 Å². The second kappa shape index (κ2) is 8.06. The number of furan rings is 1. The Labute approximate surface area is 178 Å². The highest BCUT2D eigenvalue weighted by molar-refractivity contribution is 7.99. The van der Waals surface area contributed by atoms with E-state index >= 15 is 0 Å². The van der Waals surface area contributed by atoms with Crippen LogP contribution in [-0.4, -0.2) is 33.2 Å². The molecule has 9 heteroatoms. The first kappa shape index (κ1) is 19.0. The maximum absolute atomic E-state index is 12.6. The second-order valence-corrected chi connectivity index (χ2v) is 8.41. The lowest BCUT2D eigenvalue weighted by Gasteiger charge is -2.15. The normalized spacial score (nSPS) is 15.9. The van der Waals surface area contributed by atoms with Crippen molar-refractivity contribution in [2.24, 2.45) is 0 Å². The Bertz CT molecular complexity index is 1050. The maximum atomic E-state index is 12.6. The van der Waals surface area contributed by atoms with Crippen molar-refractivity contribution < 1.29 is 18.7 Å². The summed E-state index contributed by atoms with van der Waals surface area (Å²) in [7, 11) is 0. The minimum Gasteiger partial charge on any atom is -0.467 e. The molecule has 3 aromatic rings. The van der Waals surface area contributed by atoms with Crippen LogP contribution in [0.15, 0.2) is 46.2 Å². The van der Waals surface area contributed by atoms with Gasteiger partial charge in [-0.1, -0.05) is 17.8 Å². The molecule has 1 fully saturated rings. The van der Waals surface area contributed by atoms with Crippen molar-refractivity contribution in [1.82, 2.24) is 20.1 Å². The molecule has 0 radical (unpaired) electrons. The molecule has 2 aliphatic rings.